The number of rotatable bonds is 5. The number of hydrogen-bond acceptors (Lipinski definition) is 7. The van der Waals surface area contributed by atoms with Crippen LogP contribution < -0.4 is 16.1 Å². The fraction of sp³-hybridized carbons (Fsp3) is 0.667. The van der Waals surface area contributed by atoms with E-state index in [2.05, 4.69) is 10.6 Å². The molecule has 1 aromatic carbocycles. The molecule has 0 bridgehead atoms. The van der Waals surface area contributed by atoms with Gasteiger partial charge in [0, 0.05) is 24.9 Å². The Balaban J connectivity index is 1.58. The summed E-state index contributed by atoms with van der Waals surface area (Å²) < 4.78 is 31.1. The molecule has 2 aliphatic heterocycles. The van der Waals surface area contributed by atoms with Crippen molar-refractivity contribution in [3.63, 3.8) is 0 Å². The standard InChI is InChI=1S/C21H31N3O5S/c25-19(24-26)21(8-7-20(15-21)9-11-22-12-10-20)30(27,28)18-3-1-16(2-4-18)23-17-5-13-29-14-6-17/h1-4,17,22-23,26H,5-15H2,(H,24,25). The van der Waals surface area contributed by atoms with Crippen molar-refractivity contribution in [1.82, 2.24) is 10.8 Å². The van der Waals surface area contributed by atoms with Crippen LogP contribution in [0.15, 0.2) is 29.2 Å². The molecular formula is C21H31N3O5S. The summed E-state index contributed by atoms with van der Waals surface area (Å²) in [5.41, 5.74) is 2.33. The summed E-state index contributed by atoms with van der Waals surface area (Å²) in [4.78, 5) is 12.9. The number of benzene rings is 1. The Labute approximate surface area is 177 Å². The minimum atomic E-state index is -3.98. The van der Waals surface area contributed by atoms with Crippen LogP contribution in [-0.2, 0) is 19.4 Å². The molecule has 166 valence electrons. The monoisotopic (exact) mass is 437 g/mol. The van der Waals surface area contributed by atoms with Gasteiger partial charge in [0.15, 0.2) is 14.6 Å². The molecule has 4 N–H and O–H groups in total. The van der Waals surface area contributed by atoms with Gasteiger partial charge in [-0.2, -0.15) is 0 Å². The second-order valence-electron chi connectivity index (χ2n) is 8.92. The zero-order valence-electron chi connectivity index (χ0n) is 17.2. The Kier molecular flexibility index (Phi) is 6.07. The first kappa shape index (κ1) is 21.5. The van der Waals surface area contributed by atoms with Crippen molar-refractivity contribution in [3.05, 3.63) is 24.3 Å². The van der Waals surface area contributed by atoms with Crippen LogP contribution in [0.1, 0.15) is 44.9 Å². The quantitative estimate of drug-likeness (QED) is 0.410. The third-order valence-electron chi connectivity index (χ3n) is 7.17. The van der Waals surface area contributed by atoms with E-state index in [9.17, 15) is 18.4 Å². The molecule has 1 atom stereocenters. The number of piperidine rings is 1. The van der Waals surface area contributed by atoms with E-state index in [1.807, 2.05) is 0 Å². The first-order valence-corrected chi connectivity index (χ1v) is 12.2. The van der Waals surface area contributed by atoms with E-state index in [-0.39, 0.29) is 23.2 Å². The fourth-order valence-electron chi connectivity index (χ4n) is 5.31. The molecule has 1 unspecified atom stereocenters. The van der Waals surface area contributed by atoms with Gasteiger partial charge < -0.3 is 15.4 Å². The van der Waals surface area contributed by atoms with Crippen LogP contribution in [0.4, 0.5) is 5.69 Å². The number of amides is 1. The maximum Gasteiger partial charge on any atom is 0.265 e. The van der Waals surface area contributed by atoms with Crippen LogP contribution in [0.25, 0.3) is 0 Å². The number of ether oxygens (including phenoxy) is 1. The van der Waals surface area contributed by atoms with Crippen LogP contribution in [0.5, 0.6) is 0 Å². The van der Waals surface area contributed by atoms with E-state index in [1.165, 1.54) is 0 Å². The molecule has 0 aromatic heterocycles. The third-order valence-corrected chi connectivity index (χ3v) is 9.63. The molecule has 1 amide bonds. The van der Waals surface area contributed by atoms with Crippen molar-refractivity contribution in [1.29, 1.82) is 0 Å². The Morgan fingerprint density at radius 2 is 1.73 bits per heavy atom. The van der Waals surface area contributed by atoms with Gasteiger partial charge in [-0.25, -0.2) is 13.9 Å². The zero-order valence-corrected chi connectivity index (χ0v) is 18.0. The average molecular weight is 438 g/mol. The average Bonchev–Trinajstić information content (AvgIpc) is 3.15. The summed E-state index contributed by atoms with van der Waals surface area (Å²) in [5.74, 6) is -0.817. The highest BCUT2D eigenvalue weighted by atomic mass is 32.2. The van der Waals surface area contributed by atoms with Crippen molar-refractivity contribution >= 4 is 21.4 Å². The smallest absolute Gasteiger partial charge is 0.265 e. The number of nitrogens with one attached hydrogen (secondary N) is 3. The minimum absolute atomic E-state index is 0.120. The maximum absolute atomic E-state index is 13.7. The van der Waals surface area contributed by atoms with E-state index in [0.717, 1.165) is 57.7 Å². The third kappa shape index (κ3) is 3.84. The topological polar surface area (TPSA) is 117 Å². The molecule has 1 aromatic rings. The first-order valence-electron chi connectivity index (χ1n) is 10.8. The predicted octanol–water partition coefficient (Wildman–Crippen LogP) is 1.85. The Hall–Kier alpha value is -1.68. The molecule has 1 saturated carbocycles. The second kappa shape index (κ2) is 8.45. The molecule has 3 aliphatic rings. The van der Waals surface area contributed by atoms with Crippen LogP contribution in [0.3, 0.4) is 0 Å². The number of anilines is 1. The normalized spacial score (nSPS) is 27.1. The number of sulfone groups is 1. The molecule has 8 nitrogen and oxygen atoms in total. The number of carbonyl (C=O) groups excluding carboxylic acids is 1. The van der Waals surface area contributed by atoms with E-state index in [1.54, 1.807) is 29.7 Å². The highest BCUT2D eigenvalue weighted by Gasteiger charge is 2.60. The van der Waals surface area contributed by atoms with E-state index in [4.69, 9.17) is 4.74 Å². The molecule has 4 rings (SSSR count). The van der Waals surface area contributed by atoms with Gasteiger partial charge in [0.25, 0.3) is 5.91 Å². The fourth-order valence-corrected chi connectivity index (χ4v) is 7.42. The summed E-state index contributed by atoms with van der Waals surface area (Å²) in [6.45, 7) is 3.09. The van der Waals surface area contributed by atoms with Crippen molar-refractivity contribution < 1.29 is 23.2 Å². The lowest BCUT2D eigenvalue weighted by Gasteiger charge is -2.36. The van der Waals surface area contributed by atoms with Crippen molar-refractivity contribution in [2.24, 2.45) is 5.41 Å². The summed E-state index contributed by atoms with van der Waals surface area (Å²) in [6.07, 6.45) is 4.66. The summed E-state index contributed by atoms with van der Waals surface area (Å²) in [6, 6.07) is 6.94. The maximum atomic E-state index is 13.7. The zero-order chi connectivity index (χ0) is 21.2. The van der Waals surface area contributed by atoms with Crippen LogP contribution in [0.2, 0.25) is 0 Å². The molecule has 2 heterocycles. The second-order valence-corrected chi connectivity index (χ2v) is 11.2. The highest BCUT2D eigenvalue weighted by Crippen LogP contribution is 2.54. The molecular weight excluding hydrogens is 406 g/mol. The Morgan fingerprint density at radius 1 is 1.07 bits per heavy atom. The highest BCUT2D eigenvalue weighted by molar-refractivity contribution is 7.93. The van der Waals surface area contributed by atoms with Gasteiger partial charge in [0.05, 0.1) is 4.90 Å². The van der Waals surface area contributed by atoms with Crippen molar-refractivity contribution in [3.8, 4) is 0 Å². The van der Waals surface area contributed by atoms with E-state index >= 15 is 0 Å². The predicted molar refractivity (Wildman–Crippen MR) is 112 cm³/mol. The molecule has 1 spiro atoms. The van der Waals surface area contributed by atoms with E-state index < -0.39 is 20.5 Å². The van der Waals surface area contributed by atoms with Gasteiger partial charge in [0.1, 0.15) is 0 Å². The molecule has 9 heteroatoms. The SMILES string of the molecule is O=C(NO)C1(S(=O)(=O)c2ccc(NC3CCOCC3)cc2)CCC2(CCNCC2)C1. The molecule has 2 saturated heterocycles. The number of hydroxylamine groups is 1. The van der Waals surface area contributed by atoms with Crippen LogP contribution in [-0.4, -0.2) is 56.6 Å². The molecule has 1 aliphatic carbocycles. The van der Waals surface area contributed by atoms with Gasteiger partial charge in [-0.3, -0.25) is 10.0 Å². The lowest BCUT2D eigenvalue weighted by molar-refractivity contribution is -0.132. The molecule has 0 radical (unpaired) electrons. The first-order chi connectivity index (χ1) is 14.4. The lowest BCUT2D eigenvalue weighted by Crippen LogP contribution is -2.51. The summed E-state index contributed by atoms with van der Waals surface area (Å²) in [7, 11) is -3.98. The Morgan fingerprint density at radius 3 is 2.37 bits per heavy atom. The largest absolute Gasteiger partial charge is 0.382 e. The lowest BCUT2D eigenvalue weighted by atomic mass is 9.77. The summed E-state index contributed by atoms with van der Waals surface area (Å²) in [5, 5.41) is 16.1. The molecule has 30 heavy (non-hydrogen) atoms. The van der Waals surface area contributed by atoms with Gasteiger partial charge in [-0.15, -0.1) is 0 Å². The van der Waals surface area contributed by atoms with Gasteiger partial charge in [-0.05, 0) is 87.7 Å². The van der Waals surface area contributed by atoms with Gasteiger partial charge >= 0.3 is 0 Å². The number of hydrogen-bond donors (Lipinski definition) is 4. The Bertz CT molecular complexity index is 861. The number of carbonyl (C=O) groups is 1. The minimum Gasteiger partial charge on any atom is -0.382 e. The van der Waals surface area contributed by atoms with Crippen LogP contribution >= 0.6 is 0 Å². The van der Waals surface area contributed by atoms with Crippen LogP contribution in [0, 0.1) is 5.41 Å². The van der Waals surface area contributed by atoms with Gasteiger partial charge in [-0.1, -0.05) is 0 Å². The molecule has 3 fully saturated rings. The van der Waals surface area contributed by atoms with E-state index in [0.29, 0.717) is 12.5 Å². The van der Waals surface area contributed by atoms with Gasteiger partial charge in [0.2, 0.25) is 0 Å². The van der Waals surface area contributed by atoms with Crippen molar-refractivity contribution in [2.75, 3.05) is 31.6 Å². The summed E-state index contributed by atoms with van der Waals surface area (Å²) >= 11 is 0. The van der Waals surface area contributed by atoms with Crippen molar-refractivity contribution in [2.45, 2.75) is 60.6 Å².